The maximum Gasteiger partial charge on any atom is 0.253 e. The summed E-state index contributed by atoms with van der Waals surface area (Å²) in [6, 6.07) is 15.4. The molecule has 0 aliphatic carbocycles. The van der Waals surface area contributed by atoms with Crippen LogP contribution in [0.3, 0.4) is 0 Å². The summed E-state index contributed by atoms with van der Waals surface area (Å²) in [7, 11) is -3.23. The Morgan fingerprint density at radius 2 is 1.67 bits per heavy atom. The first kappa shape index (κ1) is 21.5. The average molecular weight is 429 g/mol. The maximum atomic E-state index is 11.2. The monoisotopic (exact) mass is 429 g/mol. The maximum absolute atomic E-state index is 11.2. The van der Waals surface area contributed by atoms with Crippen LogP contribution in [0.2, 0.25) is 0 Å². The van der Waals surface area contributed by atoms with Crippen LogP contribution in [-0.4, -0.2) is 30.6 Å². The van der Waals surface area contributed by atoms with E-state index in [0.717, 1.165) is 23.1 Å². The van der Waals surface area contributed by atoms with Gasteiger partial charge in [-0.05, 0) is 49.2 Å². The molecule has 9 heteroatoms. The quantitative estimate of drug-likeness (QED) is 0.379. The Morgan fingerprint density at radius 1 is 1.00 bits per heavy atom. The third-order valence-corrected chi connectivity index (χ3v) is 4.85. The summed E-state index contributed by atoms with van der Waals surface area (Å²) >= 11 is 0. The highest BCUT2D eigenvalue weighted by Crippen LogP contribution is 2.15. The largest absolute Gasteiger partial charge is 0.484 e. The summed E-state index contributed by atoms with van der Waals surface area (Å²) in [5, 5.41) is 11.6. The minimum atomic E-state index is -3.23. The SMILES string of the molecule is C/C(=N\OCc1ccc(C)cc1)c1ccc(OCc2nnc(CS(C)(=O)=O)o2)cc1. The van der Waals surface area contributed by atoms with E-state index in [0.29, 0.717) is 12.4 Å². The molecule has 0 saturated carbocycles. The van der Waals surface area contributed by atoms with Gasteiger partial charge in [-0.15, -0.1) is 10.2 Å². The van der Waals surface area contributed by atoms with Gasteiger partial charge in [0.25, 0.3) is 5.89 Å². The number of nitrogens with zero attached hydrogens (tertiary/aromatic N) is 3. The molecule has 30 heavy (non-hydrogen) atoms. The van der Waals surface area contributed by atoms with Crippen molar-refractivity contribution in [3.05, 3.63) is 77.0 Å². The molecule has 1 heterocycles. The lowest BCUT2D eigenvalue weighted by molar-refractivity contribution is 0.130. The minimum Gasteiger partial charge on any atom is -0.484 e. The van der Waals surface area contributed by atoms with Crippen molar-refractivity contribution in [3.63, 3.8) is 0 Å². The number of hydrogen-bond donors (Lipinski definition) is 0. The molecule has 0 radical (unpaired) electrons. The van der Waals surface area contributed by atoms with Gasteiger partial charge < -0.3 is 14.0 Å². The van der Waals surface area contributed by atoms with Crippen molar-refractivity contribution in [2.24, 2.45) is 5.16 Å². The van der Waals surface area contributed by atoms with E-state index in [-0.39, 0.29) is 24.1 Å². The molecular formula is C21H23N3O5S. The zero-order valence-corrected chi connectivity index (χ0v) is 17.8. The van der Waals surface area contributed by atoms with E-state index < -0.39 is 9.84 Å². The van der Waals surface area contributed by atoms with E-state index in [1.54, 1.807) is 12.1 Å². The summed E-state index contributed by atoms with van der Waals surface area (Å²) in [5.41, 5.74) is 3.91. The van der Waals surface area contributed by atoms with Crippen molar-refractivity contribution in [3.8, 4) is 5.75 Å². The summed E-state index contributed by atoms with van der Waals surface area (Å²) in [6.45, 7) is 4.36. The molecule has 3 aromatic rings. The van der Waals surface area contributed by atoms with Gasteiger partial charge in [0, 0.05) is 6.26 Å². The molecule has 0 saturated heterocycles. The van der Waals surface area contributed by atoms with E-state index in [1.165, 1.54) is 5.56 Å². The zero-order valence-electron chi connectivity index (χ0n) is 17.0. The van der Waals surface area contributed by atoms with Crippen LogP contribution in [0, 0.1) is 6.92 Å². The fourth-order valence-electron chi connectivity index (χ4n) is 2.51. The topological polar surface area (TPSA) is 104 Å². The van der Waals surface area contributed by atoms with Gasteiger partial charge >= 0.3 is 0 Å². The second kappa shape index (κ2) is 9.53. The first-order valence-electron chi connectivity index (χ1n) is 9.23. The predicted octanol–water partition coefficient (Wildman–Crippen LogP) is 3.44. The van der Waals surface area contributed by atoms with E-state index in [9.17, 15) is 8.42 Å². The number of oxime groups is 1. The van der Waals surface area contributed by atoms with Gasteiger partial charge in [0.2, 0.25) is 5.89 Å². The van der Waals surface area contributed by atoms with E-state index in [2.05, 4.69) is 15.4 Å². The standard InChI is InChI=1S/C21H23N3O5S/c1-15-4-6-17(7-5-15)12-28-24-16(2)18-8-10-19(11-9-18)27-13-20-22-23-21(29-20)14-30(3,25)26/h4-11H,12-14H2,1-3H3/b24-16+. The molecule has 158 valence electrons. The second-order valence-electron chi connectivity index (χ2n) is 6.91. The fraction of sp³-hybridized carbons (Fsp3) is 0.286. The Balaban J connectivity index is 1.51. The van der Waals surface area contributed by atoms with Crippen LogP contribution in [0.25, 0.3) is 0 Å². The van der Waals surface area contributed by atoms with Crippen LogP contribution in [-0.2, 0) is 33.6 Å². The summed E-state index contributed by atoms with van der Waals surface area (Å²) < 4.78 is 33.4. The lowest BCUT2D eigenvalue weighted by atomic mass is 10.1. The van der Waals surface area contributed by atoms with Crippen molar-refractivity contribution in [1.29, 1.82) is 0 Å². The van der Waals surface area contributed by atoms with Crippen LogP contribution in [0.1, 0.15) is 35.4 Å². The van der Waals surface area contributed by atoms with E-state index in [4.69, 9.17) is 14.0 Å². The summed E-state index contributed by atoms with van der Waals surface area (Å²) in [4.78, 5) is 5.43. The van der Waals surface area contributed by atoms with Gasteiger partial charge in [-0.2, -0.15) is 0 Å². The smallest absolute Gasteiger partial charge is 0.253 e. The number of ether oxygens (including phenoxy) is 1. The van der Waals surface area contributed by atoms with Gasteiger partial charge in [-0.25, -0.2) is 8.42 Å². The molecule has 8 nitrogen and oxygen atoms in total. The molecule has 0 fully saturated rings. The van der Waals surface area contributed by atoms with Crippen molar-refractivity contribution >= 4 is 15.5 Å². The molecule has 0 N–H and O–H groups in total. The minimum absolute atomic E-state index is 0.0445. The number of aryl methyl sites for hydroxylation is 1. The average Bonchev–Trinajstić information content (AvgIpc) is 3.13. The van der Waals surface area contributed by atoms with Gasteiger partial charge in [-0.1, -0.05) is 35.0 Å². The molecule has 0 bridgehead atoms. The first-order valence-corrected chi connectivity index (χ1v) is 11.3. The van der Waals surface area contributed by atoms with Crippen molar-refractivity contribution < 1.29 is 22.4 Å². The highest BCUT2D eigenvalue weighted by molar-refractivity contribution is 7.89. The highest BCUT2D eigenvalue weighted by atomic mass is 32.2. The lowest BCUT2D eigenvalue weighted by Gasteiger charge is -2.06. The molecule has 0 amide bonds. The van der Waals surface area contributed by atoms with Gasteiger partial charge in [0.05, 0.1) is 5.71 Å². The van der Waals surface area contributed by atoms with E-state index in [1.807, 2.05) is 50.2 Å². The molecule has 0 atom stereocenters. The summed E-state index contributed by atoms with van der Waals surface area (Å²) in [6.07, 6.45) is 1.10. The Labute approximate surface area is 175 Å². The second-order valence-corrected chi connectivity index (χ2v) is 9.05. The number of benzene rings is 2. The van der Waals surface area contributed by atoms with Crippen LogP contribution in [0.15, 0.2) is 58.1 Å². The van der Waals surface area contributed by atoms with Crippen LogP contribution >= 0.6 is 0 Å². The fourth-order valence-corrected chi connectivity index (χ4v) is 3.07. The van der Waals surface area contributed by atoms with E-state index >= 15 is 0 Å². The molecule has 0 aliphatic rings. The molecule has 0 aliphatic heterocycles. The third kappa shape index (κ3) is 6.70. The molecule has 2 aromatic carbocycles. The summed E-state index contributed by atoms with van der Waals surface area (Å²) in [5.74, 6) is 0.568. The first-order chi connectivity index (χ1) is 14.3. The number of hydrogen-bond acceptors (Lipinski definition) is 8. The Kier molecular flexibility index (Phi) is 6.83. The number of aromatic nitrogens is 2. The predicted molar refractivity (Wildman–Crippen MR) is 112 cm³/mol. The van der Waals surface area contributed by atoms with Crippen LogP contribution in [0.4, 0.5) is 0 Å². The molecule has 1 aromatic heterocycles. The normalized spacial score (nSPS) is 12.0. The molecule has 3 rings (SSSR count). The number of rotatable bonds is 9. The van der Waals surface area contributed by atoms with Gasteiger partial charge in [0.1, 0.15) is 18.1 Å². The lowest BCUT2D eigenvalue weighted by Crippen LogP contribution is -2.00. The van der Waals surface area contributed by atoms with Crippen LogP contribution in [0.5, 0.6) is 5.75 Å². The number of sulfone groups is 1. The van der Waals surface area contributed by atoms with Crippen molar-refractivity contribution in [2.45, 2.75) is 32.8 Å². The molecule has 0 spiro atoms. The Bertz CT molecular complexity index is 1100. The zero-order chi connectivity index (χ0) is 21.6. The molecule has 0 unspecified atom stereocenters. The molecular weight excluding hydrogens is 406 g/mol. The van der Waals surface area contributed by atoms with Crippen molar-refractivity contribution in [1.82, 2.24) is 10.2 Å². The van der Waals surface area contributed by atoms with Crippen molar-refractivity contribution in [2.75, 3.05) is 6.26 Å². The third-order valence-electron chi connectivity index (χ3n) is 4.08. The van der Waals surface area contributed by atoms with Gasteiger partial charge in [0.15, 0.2) is 16.4 Å². The Hall–Kier alpha value is -3.20. The Morgan fingerprint density at radius 3 is 2.33 bits per heavy atom. The van der Waals surface area contributed by atoms with Crippen LogP contribution < -0.4 is 4.74 Å². The van der Waals surface area contributed by atoms with Gasteiger partial charge in [-0.3, -0.25) is 0 Å². The highest BCUT2D eigenvalue weighted by Gasteiger charge is 2.12.